The summed E-state index contributed by atoms with van der Waals surface area (Å²) in [5, 5.41) is 3.36. The Kier molecular flexibility index (Phi) is 9.95. The molecule has 1 fully saturated rings. The van der Waals surface area contributed by atoms with Gasteiger partial charge in [0.15, 0.2) is 0 Å². The number of rotatable bonds is 5. The molecule has 1 aromatic rings. The predicted octanol–water partition coefficient (Wildman–Crippen LogP) is 3.42. The minimum Gasteiger partial charge on any atom is -0.496 e. The molecule has 0 amide bonds. The van der Waals surface area contributed by atoms with E-state index in [9.17, 15) is 4.39 Å². The smallest absolute Gasteiger partial charge is 0.123 e. The van der Waals surface area contributed by atoms with E-state index in [0.717, 1.165) is 50.3 Å². The molecule has 0 radical (unpaired) electrons. The van der Waals surface area contributed by atoms with Crippen LogP contribution in [0, 0.1) is 5.82 Å². The van der Waals surface area contributed by atoms with E-state index >= 15 is 0 Å². The Labute approximate surface area is 139 Å². The molecule has 21 heavy (non-hydrogen) atoms. The fourth-order valence-electron chi connectivity index (χ4n) is 2.77. The molecule has 1 saturated heterocycles. The van der Waals surface area contributed by atoms with Crippen LogP contribution in [0.5, 0.6) is 5.75 Å². The zero-order valence-electron chi connectivity index (χ0n) is 12.6. The molecule has 0 saturated carbocycles. The number of benzene rings is 1. The fourth-order valence-corrected chi connectivity index (χ4v) is 2.77. The van der Waals surface area contributed by atoms with E-state index in [1.54, 1.807) is 19.2 Å². The molecule has 6 heteroatoms. The Morgan fingerprint density at radius 3 is 2.52 bits per heavy atom. The van der Waals surface area contributed by atoms with Gasteiger partial charge in [-0.3, -0.25) is 4.90 Å². The van der Waals surface area contributed by atoms with Gasteiger partial charge in [-0.25, -0.2) is 4.39 Å². The number of nitrogens with one attached hydrogen (secondary N) is 1. The average Bonchev–Trinajstić information content (AvgIpc) is 2.45. The molecular weight excluding hydrogens is 314 g/mol. The number of halogens is 3. The first kappa shape index (κ1) is 20.5. The minimum absolute atomic E-state index is 0. The Morgan fingerprint density at radius 2 is 1.95 bits per heavy atom. The Bertz CT molecular complexity index is 415. The normalized spacial score (nSPS) is 16.5. The van der Waals surface area contributed by atoms with Crippen LogP contribution in [-0.4, -0.2) is 38.2 Å². The van der Waals surface area contributed by atoms with Gasteiger partial charge in [-0.2, -0.15) is 0 Å². The third kappa shape index (κ3) is 5.29. The van der Waals surface area contributed by atoms with Crippen LogP contribution in [0.1, 0.15) is 31.4 Å². The first-order valence-electron chi connectivity index (χ1n) is 7.04. The van der Waals surface area contributed by atoms with Crippen molar-refractivity contribution in [1.82, 2.24) is 10.2 Å². The zero-order valence-corrected chi connectivity index (χ0v) is 14.2. The zero-order chi connectivity index (χ0) is 13.7. The van der Waals surface area contributed by atoms with Gasteiger partial charge in [-0.05, 0) is 24.6 Å². The number of hydrogen-bond acceptors (Lipinski definition) is 3. The molecular formula is C15H25Cl2FN2O. The van der Waals surface area contributed by atoms with Crippen molar-refractivity contribution >= 4 is 24.8 Å². The van der Waals surface area contributed by atoms with Crippen LogP contribution >= 0.6 is 24.8 Å². The molecule has 0 spiro atoms. The van der Waals surface area contributed by atoms with Crippen molar-refractivity contribution in [1.29, 1.82) is 0 Å². The van der Waals surface area contributed by atoms with E-state index in [1.807, 2.05) is 0 Å². The number of nitrogens with zero attached hydrogens (tertiary/aromatic N) is 1. The van der Waals surface area contributed by atoms with Crippen LogP contribution in [0.25, 0.3) is 0 Å². The first-order valence-corrected chi connectivity index (χ1v) is 7.04. The maximum Gasteiger partial charge on any atom is 0.123 e. The summed E-state index contributed by atoms with van der Waals surface area (Å²) in [6.45, 7) is 6.17. The van der Waals surface area contributed by atoms with Crippen LogP contribution < -0.4 is 10.1 Å². The molecule has 2 rings (SSSR count). The summed E-state index contributed by atoms with van der Waals surface area (Å²) in [6.07, 6.45) is 2.11. The van der Waals surface area contributed by atoms with Gasteiger partial charge in [-0.1, -0.05) is 13.3 Å². The summed E-state index contributed by atoms with van der Waals surface area (Å²) in [5.74, 6) is 0.602. The average molecular weight is 339 g/mol. The third-order valence-corrected chi connectivity index (χ3v) is 3.71. The highest BCUT2D eigenvalue weighted by molar-refractivity contribution is 5.85. The van der Waals surface area contributed by atoms with E-state index < -0.39 is 0 Å². The van der Waals surface area contributed by atoms with Crippen molar-refractivity contribution in [2.45, 2.75) is 25.8 Å². The minimum atomic E-state index is -0.188. The Balaban J connectivity index is 0.00000200. The lowest BCUT2D eigenvalue weighted by Gasteiger charge is -2.35. The summed E-state index contributed by atoms with van der Waals surface area (Å²) < 4.78 is 19.0. The third-order valence-electron chi connectivity index (χ3n) is 3.71. The molecule has 3 nitrogen and oxygen atoms in total. The van der Waals surface area contributed by atoms with Crippen LogP contribution in [0.15, 0.2) is 18.2 Å². The second-order valence-corrected chi connectivity index (χ2v) is 4.98. The molecule has 1 heterocycles. The van der Waals surface area contributed by atoms with Gasteiger partial charge in [0.05, 0.1) is 7.11 Å². The van der Waals surface area contributed by atoms with Gasteiger partial charge in [0, 0.05) is 37.8 Å². The van der Waals surface area contributed by atoms with Crippen LogP contribution in [0.3, 0.4) is 0 Å². The lowest BCUT2D eigenvalue weighted by Crippen LogP contribution is -2.45. The molecule has 1 aromatic carbocycles. The topological polar surface area (TPSA) is 24.5 Å². The second-order valence-electron chi connectivity index (χ2n) is 4.98. The van der Waals surface area contributed by atoms with E-state index in [1.165, 1.54) is 6.07 Å². The highest BCUT2D eigenvalue weighted by atomic mass is 35.5. The lowest BCUT2D eigenvalue weighted by atomic mass is 9.98. The van der Waals surface area contributed by atoms with Crippen molar-refractivity contribution in [3.8, 4) is 5.75 Å². The van der Waals surface area contributed by atoms with Crippen LogP contribution in [0.4, 0.5) is 4.39 Å². The molecule has 0 bridgehead atoms. The van der Waals surface area contributed by atoms with E-state index in [0.29, 0.717) is 0 Å². The molecule has 1 N–H and O–H groups in total. The van der Waals surface area contributed by atoms with E-state index in [-0.39, 0.29) is 36.7 Å². The fraction of sp³-hybridized carbons (Fsp3) is 0.600. The van der Waals surface area contributed by atoms with Crippen molar-refractivity contribution in [2.24, 2.45) is 0 Å². The highest BCUT2D eigenvalue weighted by Gasteiger charge is 2.24. The summed E-state index contributed by atoms with van der Waals surface area (Å²) >= 11 is 0. The van der Waals surface area contributed by atoms with E-state index in [4.69, 9.17) is 4.74 Å². The van der Waals surface area contributed by atoms with Crippen molar-refractivity contribution in [3.05, 3.63) is 29.6 Å². The van der Waals surface area contributed by atoms with Crippen molar-refractivity contribution in [2.75, 3.05) is 33.3 Å². The number of ether oxygens (including phenoxy) is 1. The van der Waals surface area contributed by atoms with Gasteiger partial charge in [0.1, 0.15) is 11.6 Å². The Morgan fingerprint density at radius 1 is 1.29 bits per heavy atom. The van der Waals surface area contributed by atoms with Gasteiger partial charge in [-0.15, -0.1) is 24.8 Å². The molecule has 1 atom stereocenters. The second kappa shape index (κ2) is 10.2. The van der Waals surface area contributed by atoms with E-state index in [2.05, 4.69) is 17.1 Å². The summed E-state index contributed by atoms with van der Waals surface area (Å²) in [7, 11) is 1.65. The molecule has 1 aliphatic heterocycles. The number of methoxy groups -OCH3 is 1. The summed E-state index contributed by atoms with van der Waals surface area (Å²) in [6, 6.07) is 5.07. The van der Waals surface area contributed by atoms with Gasteiger partial charge in [0.25, 0.3) is 0 Å². The molecule has 122 valence electrons. The largest absolute Gasteiger partial charge is 0.496 e. The predicted molar refractivity (Wildman–Crippen MR) is 89.5 cm³/mol. The van der Waals surface area contributed by atoms with Crippen molar-refractivity contribution in [3.63, 3.8) is 0 Å². The van der Waals surface area contributed by atoms with Crippen molar-refractivity contribution < 1.29 is 9.13 Å². The van der Waals surface area contributed by atoms with Crippen LogP contribution in [-0.2, 0) is 0 Å². The monoisotopic (exact) mass is 338 g/mol. The van der Waals surface area contributed by atoms with Gasteiger partial charge in [0.2, 0.25) is 0 Å². The standard InChI is InChI=1S/C15H23FN2O.2ClH/c1-3-4-14(18-9-7-17-8-10-18)13-11-12(16)5-6-15(13)19-2;;/h5-6,11,14,17H,3-4,7-10H2,1-2H3;2*1H/t14-;;/m1../s1. The maximum atomic E-state index is 13.6. The summed E-state index contributed by atoms with van der Waals surface area (Å²) in [5.41, 5.74) is 0.978. The molecule has 0 aliphatic carbocycles. The maximum absolute atomic E-state index is 13.6. The lowest BCUT2D eigenvalue weighted by molar-refractivity contribution is 0.161. The molecule has 0 aromatic heterocycles. The SMILES string of the molecule is CCC[C@H](c1cc(F)ccc1OC)N1CCNCC1.Cl.Cl. The quantitative estimate of drug-likeness (QED) is 0.890. The highest BCUT2D eigenvalue weighted by Crippen LogP contribution is 2.33. The van der Waals surface area contributed by atoms with Gasteiger partial charge >= 0.3 is 0 Å². The molecule has 0 unspecified atom stereocenters. The van der Waals surface area contributed by atoms with Crippen LogP contribution in [0.2, 0.25) is 0 Å². The molecule has 1 aliphatic rings. The summed E-state index contributed by atoms with van der Waals surface area (Å²) in [4.78, 5) is 2.43. The number of piperazine rings is 1. The van der Waals surface area contributed by atoms with Gasteiger partial charge < -0.3 is 10.1 Å². The number of hydrogen-bond donors (Lipinski definition) is 1. The Hall–Kier alpha value is -0.550. The first-order chi connectivity index (χ1) is 9.26.